The van der Waals surface area contributed by atoms with E-state index in [1.807, 2.05) is 39.1 Å². The molecule has 0 amide bonds. The highest BCUT2D eigenvalue weighted by Gasteiger charge is 2.46. The predicted octanol–water partition coefficient (Wildman–Crippen LogP) is 2.60. The molecule has 2 aromatic rings. The Hall–Kier alpha value is -1.68. The SMILES string of the molecule is CNCC1(c2nc(C)cc(-c3ccc(C)o3)n2)CC1. The summed E-state index contributed by atoms with van der Waals surface area (Å²) >= 11 is 0. The van der Waals surface area contributed by atoms with Gasteiger partial charge in [0.05, 0.1) is 0 Å². The van der Waals surface area contributed by atoms with E-state index in [0.29, 0.717) is 0 Å². The molecule has 2 aromatic heterocycles. The molecule has 0 radical (unpaired) electrons. The standard InChI is InChI=1S/C15H19N3O/c1-10-8-12(13-5-4-11(2)19-13)18-14(17-10)15(6-7-15)9-16-3/h4-5,8,16H,6-7,9H2,1-3H3. The lowest BCUT2D eigenvalue weighted by atomic mass is 10.1. The molecule has 1 aliphatic rings. The van der Waals surface area contributed by atoms with E-state index in [1.165, 1.54) is 0 Å². The summed E-state index contributed by atoms with van der Waals surface area (Å²) in [5, 5.41) is 3.25. The molecule has 1 fully saturated rings. The minimum Gasteiger partial charge on any atom is -0.460 e. The molecule has 4 heteroatoms. The molecule has 1 saturated carbocycles. The molecule has 0 unspecified atom stereocenters. The molecule has 0 atom stereocenters. The summed E-state index contributed by atoms with van der Waals surface area (Å²) in [4.78, 5) is 9.35. The number of furan rings is 1. The molecular formula is C15H19N3O. The molecular weight excluding hydrogens is 238 g/mol. The van der Waals surface area contributed by atoms with E-state index < -0.39 is 0 Å². The van der Waals surface area contributed by atoms with Gasteiger partial charge in [0.15, 0.2) is 5.76 Å². The first-order chi connectivity index (χ1) is 9.13. The molecule has 1 N–H and O–H groups in total. The van der Waals surface area contributed by atoms with Crippen LogP contribution in [0.25, 0.3) is 11.5 Å². The fraction of sp³-hybridized carbons (Fsp3) is 0.467. The second-order valence-corrected chi connectivity index (χ2v) is 5.44. The highest BCUT2D eigenvalue weighted by molar-refractivity contribution is 5.53. The number of nitrogens with zero attached hydrogens (tertiary/aromatic N) is 2. The van der Waals surface area contributed by atoms with Crippen LogP contribution >= 0.6 is 0 Å². The van der Waals surface area contributed by atoms with E-state index in [9.17, 15) is 0 Å². The predicted molar refractivity (Wildman–Crippen MR) is 74.0 cm³/mol. The summed E-state index contributed by atoms with van der Waals surface area (Å²) in [7, 11) is 1.98. The Morgan fingerprint density at radius 1 is 1.26 bits per heavy atom. The van der Waals surface area contributed by atoms with Crippen LogP contribution in [0.3, 0.4) is 0 Å². The number of hydrogen-bond acceptors (Lipinski definition) is 4. The third-order valence-electron chi connectivity index (χ3n) is 3.69. The maximum Gasteiger partial charge on any atom is 0.152 e. The Morgan fingerprint density at radius 3 is 2.63 bits per heavy atom. The Morgan fingerprint density at radius 2 is 2.05 bits per heavy atom. The van der Waals surface area contributed by atoms with Crippen molar-refractivity contribution in [1.82, 2.24) is 15.3 Å². The van der Waals surface area contributed by atoms with Crippen molar-refractivity contribution < 1.29 is 4.42 Å². The second kappa shape index (κ2) is 4.46. The lowest BCUT2D eigenvalue weighted by molar-refractivity contribution is 0.542. The maximum absolute atomic E-state index is 5.67. The lowest BCUT2D eigenvalue weighted by Gasteiger charge is -2.14. The van der Waals surface area contributed by atoms with Gasteiger partial charge in [0.25, 0.3) is 0 Å². The molecule has 1 aliphatic carbocycles. The number of aromatic nitrogens is 2. The molecule has 0 saturated heterocycles. The van der Waals surface area contributed by atoms with Gasteiger partial charge in [0.1, 0.15) is 17.3 Å². The summed E-state index contributed by atoms with van der Waals surface area (Å²) < 4.78 is 5.67. The Bertz CT molecular complexity index is 599. The average Bonchev–Trinajstić information content (AvgIpc) is 3.03. The molecule has 0 spiro atoms. The molecule has 0 aliphatic heterocycles. The highest BCUT2D eigenvalue weighted by atomic mass is 16.3. The van der Waals surface area contributed by atoms with Gasteiger partial charge in [-0.1, -0.05) is 0 Å². The fourth-order valence-corrected chi connectivity index (χ4v) is 2.47. The van der Waals surface area contributed by atoms with Gasteiger partial charge in [0.2, 0.25) is 0 Å². The van der Waals surface area contributed by atoms with Crippen LogP contribution in [-0.4, -0.2) is 23.6 Å². The Kier molecular flexibility index (Phi) is 2.90. The van der Waals surface area contributed by atoms with Crippen LogP contribution in [0, 0.1) is 13.8 Å². The normalized spacial score (nSPS) is 16.6. The van der Waals surface area contributed by atoms with Crippen LogP contribution in [0.5, 0.6) is 0 Å². The summed E-state index contributed by atoms with van der Waals surface area (Å²) in [6.07, 6.45) is 2.32. The first kappa shape index (κ1) is 12.4. The zero-order valence-electron chi connectivity index (χ0n) is 11.7. The monoisotopic (exact) mass is 257 g/mol. The second-order valence-electron chi connectivity index (χ2n) is 5.44. The van der Waals surface area contributed by atoms with E-state index >= 15 is 0 Å². The van der Waals surface area contributed by atoms with E-state index in [2.05, 4.69) is 10.3 Å². The first-order valence-corrected chi connectivity index (χ1v) is 6.70. The zero-order valence-corrected chi connectivity index (χ0v) is 11.7. The van der Waals surface area contributed by atoms with Gasteiger partial charge >= 0.3 is 0 Å². The number of likely N-dealkylation sites (N-methyl/N-ethyl adjacent to an activating group) is 1. The van der Waals surface area contributed by atoms with Gasteiger partial charge in [-0.05, 0) is 51.9 Å². The summed E-state index contributed by atoms with van der Waals surface area (Å²) in [5.74, 6) is 2.68. The first-order valence-electron chi connectivity index (χ1n) is 6.70. The average molecular weight is 257 g/mol. The quantitative estimate of drug-likeness (QED) is 0.914. The van der Waals surface area contributed by atoms with Crippen LogP contribution < -0.4 is 5.32 Å². The molecule has 100 valence electrons. The van der Waals surface area contributed by atoms with Crippen LogP contribution in [0.1, 0.15) is 30.1 Å². The number of nitrogens with one attached hydrogen (secondary N) is 1. The van der Waals surface area contributed by atoms with Crippen LogP contribution in [0.4, 0.5) is 0 Å². The van der Waals surface area contributed by atoms with Gasteiger partial charge in [-0.25, -0.2) is 9.97 Å². The van der Waals surface area contributed by atoms with Crippen molar-refractivity contribution in [2.45, 2.75) is 32.1 Å². The number of hydrogen-bond donors (Lipinski definition) is 1. The van der Waals surface area contributed by atoms with Crippen molar-refractivity contribution >= 4 is 0 Å². The van der Waals surface area contributed by atoms with E-state index in [4.69, 9.17) is 9.40 Å². The van der Waals surface area contributed by atoms with Crippen molar-refractivity contribution in [3.8, 4) is 11.5 Å². The van der Waals surface area contributed by atoms with Crippen LogP contribution in [-0.2, 0) is 5.41 Å². The Balaban J connectivity index is 2.01. The number of aryl methyl sites for hydroxylation is 2. The molecule has 19 heavy (non-hydrogen) atoms. The van der Waals surface area contributed by atoms with Crippen molar-refractivity contribution in [2.24, 2.45) is 0 Å². The number of rotatable bonds is 4. The molecule has 0 bridgehead atoms. The smallest absolute Gasteiger partial charge is 0.152 e. The van der Waals surface area contributed by atoms with E-state index in [1.54, 1.807) is 0 Å². The van der Waals surface area contributed by atoms with Gasteiger partial charge < -0.3 is 9.73 Å². The lowest BCUT2D eigenvalue weighted by Crippen LogP contribution is -2.26. The van der Waals surface area contributed by atoms with Gasteiger partial charge in [-0.15, -0.1) is 0 Å². The summed E-state index contributed by atoms with van der Waals surface area (Å²) in [6, 6.07) is 5.92. The highest BCUT2D eigenvalue weighted by Crippen LogP contribution is 2.46. The largest absolute Gasteiger partial charge is 0.460 e. The maximum atomic E-state index is 5.67. The Labute approximate surface area is 113 Å². The minimum absolute atomic E-state index is 0.136. The van der Waals surface area contributed by atoms with Crippen molar-refractivity contribution in [3.63, 3.8) is 0 Å². The third kappa shape index (κ3) is 2.28. The minimum atomic E-state index is 0.136. The summed E-state index contributed by atoms with van der Waals surface area (Å²) in [5.41, 5.74) is 2.02. The topological polar surface area (TPSA) is 51.0 Å². The van der Waals surface area contributed by atoms with Crippen molar-refractivity contribution in [3.05, 3.63) is 35.5 Å². The van der Waals surface area contributed by atoms with Gasteiger partial charge in [-0.2, -0.15) is 0 Å². The fourth-order valence-electron chi connectivity index (χ4n) is 2.47. The van der Waals surface area contributed by atoms with E-state index in [0.717, 1.165) is 48.1 Å². The third-order valence-corrected chi connectivity index (χ3v) is 3.69. The van der Waals surface area contributed by atoms with Gasteiger partial charge in [0, 0.05) is 17.7 Å². The van der Waals surface area contributed by atoms with Gasteiger partial charge in [-0.3, -0.25) is 0 Å². The molecule has 3 rings (SSSR count). The van der Waals surface area contributed by atoms with Crippen LogP contribution in [0.2, 0.25) is 0 Å². The van der Waals surface area contributed by atoms with E-state index in [-0.39, 0.29) is 5.41 Å². The van der Waals surface area contributed by atoms with Crippen LogP contribution in [0.15, 0.2) is 22.6 Å². The van der Waals surface area contributed by atoms with Crippen molar-refractivity contribution in [1.29, 1.82) is 0 Å². The van der Waals surface area contributed by atoms with Crippen molar-refractivity contribution in [2.75, 3.05) is 13.6 Å². The molecule has 2 heterocycles. The molecule has 4 nitrogen and oxygen atoms in total. The zero-order chi connectivity index (χ0) is 13.5. The molecule has 0 aromatic carbocycles. The summed E-state index contributed by atoms with van der Waals surface area (Å²) in [6.45, 7) is 4.90.